The van der Waals surface area contributed by atoms with Gasteiger partial charge in [0, 0.05) is 11.4 Å². The predicted molar refractivity (Wildman–Crippen MR) is 60.0 cm³/mol. The third-order valence-corrected chi connectivity index (χ3v) is 3.79. The van der Waals surface area contributed by atoms with E-state index in [2.05, 4.69) is 10.3 Å². The van der Waals surface area contributed by atoms with Crippen molar-refractivity contribution in [1.29, 1.82) is 0 Å². The van der Waals surface area contributed by atoms with Crippen molar-refractivity contribution in [2.75, 3.05) is 11.9 Å². The van der Waals surface area contributed by atoms with E-state index in [1.54, 1.807) is 0 Å². The van der Waals surface area contributed by atoms with E-state index >= 15 is 0 Å². The van der Waals surface area contributed by atoms with Crippen LogP contribution in [0.2, 0.25) is 0 Å². The molecule has 0 aromatic carbocycles. The summed E-state index contributed by atoms with van der Waals surface area (Å²) in [6.45, 7) is -0.242. The van der Waals surface area contributed by atoms with Crippen LogP contribution in [-0.2, 0) is 11.2 Å². The van der Waals surface area contributed by atoms with Crippen LogP contribution < -0.4 is 5.32 Å². The number of anilines is 1. The van der Waals surface area contributed by atoms with Crippen molar-refractivity contribution < 1.29 is 23.1 Å². The topological polar surface area (TPSA) is 62.2 Å². The number of fused-ring (bicyclic) bond motifs is 1. The highest BCUT2D eigenvalue weighted by Gasteiger charge is 2.32. The van der Waals surface area contributed by atoms with Crippen molar-refractivity contribution in [3.8, 4) is 0 Å². The van der Waals surface area contributed by atoms with Crippen LogP contribution in [0.15, 0.2) is 0 Å². The first-order chi connectivity index (χ1) is 8.37. The lowest BCUT2D eigenvalue weighted by Gasteiger charge is -2.06. The van der Waals surface area contributed by atoms with Gasteiger partial charge in [-0.2, -0.15) is 13.2 Å². The van der Waals surface area contributed by atoms with Crippen LogP contribution in [0.25, 0.3) is 0 Å². The number of hydrogen-bond acceptors (Lipinski definition) is 4. The fourth-order valence-corrected chi connectivity index (χ4v) is 2.92. The van der Waals surface area contributed by atoms with Gasteiger partial charge in [-0.25, -0.2) is 4.98 Å². The molecule has 0 saturated carbocycles. The Morgan fingerprint density at radius 2 is 2.28 bits per heavy atom. The van der Waals surface area contributed by atoms with Crippen molar-refractivity contribution in [3.05, 3.63) is 10.6 Å². The molecule has 0 aliphatic heterocycles. The Balaban J connectivity index is 1.97. The van der Waals surface area contributed by atoms with Crippen molar-refractivity contribution in [2.45, 2.75) is 31.4 Å². The van der Waals surface area contributed by atoms with Gasteiger partial charge in [0.25, 0.3) is 0 Å². The first-order valence-electron chi connectivity index (χ1n) is 5.40. The number of halogens is 3. The number of nitrogens with one attached hydrogen (secondary N) is 1. The van der Waals surface area contributed by atoms with Crippen molar-refractivity contribution in [2.24, 2.45) is 0 Å². The molecule has 0 radical (unpaired) electrons. The minimum Gasteiger partial charge on any atom is -0.481 e. The summed E-state index contributed by atoms with van der Waals surface area (Å²) in [6.07, 6.45) is -3.98. The Hall–Kier alpha value is -1.31. The van der Waals surface area contributed by atoms with E-state index in [9.17, 15) is 18.0 Å². The second-order valence-electron chi connectivity index (χ2n) is 4.05. The molecule has 1 aromatic heterocycles. The Labute approximate surface area is 105 Å². The van der Waals surface area contributed by atoms with E-state index in [1.807, 2.05) is 0 Å². The molecule has 1 aliphatic rings. The average Bonchev–Trinajstić information content (AvgIpc) is 2.73. The summed E-state index contributed by atoms with van der Waals surface area (Å²) in [4.78, 5) is 15.8. The third-order valence-electron chi connectivity index (χ3n) is 2.70. The summed E-state index contributed by atoms with van der Waals surface area (Å²) >= 11 is 1.24. The summed E-state index contributed by atoms with van der Waals surface area (Å²) in [5.41, 5.74) is 0.502. The van der Waals surface area contributed by atoms with Crippen LogP contribution in [0.5, 0.6) is 0 Å². The van der Waals surface area contributed by atoms with Crippen molar-refractivity contribution in [1.82, 2.24) is 4.98 Å². The largest absolute Gasteiger partial charge is 0.481 e. The van der Waals surface area contributed by atoms with Gasteiger partial charge in [0.2, 0.25) is 0 Å². The van der Waals surface area contributed by atoms with E-state index in [0.29, 0.717) is 23.7 Å². The molecular weight excluding hydrogens is 269 g/mol. The smallest absolute Gasteiger partial charge is 0.390 e. The lowest BCUT2D eigenvalue weighted by atomic mass is 10.1. The number of thiazole rings is 1. The van der Waals surface area contributed by atoms with Gasteiger partial charge in [-0.3, -0.25) is 4.79 Å². The molecule has 1 heterocycles. The fourth-order valence-electron chi connectivity index (χ4n) is 1.85. The number of alkyl halides is 3. The Morgan fingerprint density at radius 3 is 2.89 bits per heavy atom. The lowest BCUT2D eigenvalue weighted by Crippen LogP contribution is -2.14. The van der Waals surface area contributed by atoms with E-state index < -0.39 is 24.5 Å². The standard InChI is InChI=1S/C10H11F3N2O2S/c11-10(12,13)3-4-14-9-15-7-5(8(16)17)1-2-6(7)18-9/h5H,1-4H2,(H,14,15)(H,16,17). The van der Waals surface area contributed by atoms with Crippen LogP contribution >= 0.6 is 11.3 Å². The molecule has 2 N–H and O–H groups in total. The summed E-state index contributed by atoms with van der Waals surface area (Å²) in [5, 5.41) is 11.9. The Morgan fingerprint density at radius 1 is 1.56 bits per heavy atom. The number of aliphatic carboxylic acids is 1. The highest BCUT2D eigenvalue weighted by Crippen LogP contribution is 2.38. The molecule has 18 heavy (non-hydrogen) atoms. The minimum absolute atomic E-state index is 0.242. The zero-order valence-corrected chi connectivity index (χ0v) is 10.1. The highest BCUT2D eigenvalue weighted by atomic mass is 32.1. The number of aryl methyl sites for hydroxylation is 1. The monoisotopic (exact) mass is 280 g/mol. The molecule has 100 valence electrons. The van der Waals surface area contributed by atoms with E-state index in [0.717, 1.165) is 4.88 Å². The van der Waals surface area contributed by atoms with Crippen LogP contribution in [-0.4, -0.2) is 28.8 Å². The molecule has 0 bridgehead atoms. The van der Waals surface area contributed by atoms with Gasteiger partial charge in [-0.15, -0.1) is 11.3 Å². The molecule has 1 aliphatic carbocycles. The van der Waals surface area contributed by atoms with Gasteiger partial charge in [0.05, 0.1) is 12.1 Å². The third kappa shape index (κ3) is 2.92. The van der Waals surface area contributed by atoms with Gasteiger partial charge < -0.3 is 10.4 Å². The van der Waals surface area contributed by atoms with Gasteiger partial charge >= 0.3 is 12.1 Å². The molecule has 1 aromatic rings. The lowest BCUT2D eigenvalue weighted by molar-refractivity contribution is -0.138. The number of carbonyl (C=O) groups is 1. The zero-order chi connectivity index (χ0) is 13.3. The molecule has 8 heteroatoms. The number of rotatable bonds is 4. The van der Waals surface area contributed by atoms with Crippen molar-refractivity contribution >= 4 is 22.4 Å². The zero-order valence-electron chi connectivity index (χ0n) is 9.25. The van der Waals surface area contributed by atoms with E-state index in [1.165, 1.54) is 11.3 Å². The molecule has 2 rings (SSSR count). The maximum atomic E-state index is 12.0. The molecule has 0 amide bonds. The SMILES string of the molecule is O=C(O)C1CCc2sc(NCCC(F)(F)F)nc21. The maximum absolute atomic E-state index is 12.0. The van der Waals surface area contributed by atoms with Gasteiger partial charge in [0.15, 0.2) is 5.13 Å². The number of hydrogen-bond donors (Lipinski definition) is 2. The van der Waals surface area contributed by atoms with E-state index in [4.69, 9.17) is 5.11 Å². The summed E-state index contributed by atoms with van der Waals surface area (Å²) in [7, 11) is 0. The Kier molecular flexibility index (Phi) is 3.47. The fraction of sp³-hybridized carbons (Fsp3) is 0.600. The maximum Gasteiger partial charge on any atom is 0.390 e. The Bertz CT molecular complexity index is 458. The molecular formula is C10H11F3N2O2S. The normalized spacial score (nSPS) is 18.7. The molecule has 0 saturated heterocycles. The number of carboxylic acids is 1. The highest BCUT2D eigenvalue weighted by molar-refractivity contribution is 7.15. The average molecular weight is 280 g/mol. The predicted octanol–water partition coefficient (Wildman–Crippen LogP) is 2.62. The van der Waals surface area contributed by atoms with E-state index in [-0.39, 0.29) is 6.54 Å². The van der Waals surface area contributed by atoms with Crippen LogP contribution in [0, 0.1) is 0 Å². The van der Waals surface area contributed by atoms with Gasteiger partial charge in [-0.05, 0) is 12.8 Å². The number of carboxylic acid groups (broad SMARTS) is 1. The first-order valence-corrected chi connectivity index (χ1v) is 6.21. The van der Waals surface area contributed by atoms with Crippen LogP contribution in [0.1, 0.15) is 29.3 Å². The second-order valence-corrected chi connectivity index (χ2v) is 5.13. The van der Waals surface area contributed by atoms with Gasteiger partial charge in [0.1, 0.15) is 5.92 Å². The minimum atomic E-state index is -4.20. The summed E-state index contributed by atoms with van der Waals surface area (Å²) < 4.78 is 35.9. The first kappa shape index (κ1) is 13.1. The summed E-state index contributed by atoms with van der Waals surface area (Å²) in [6, 6.07) is 0. The van der Waals surface area contributed by atoms with Crippen LogP contribution in [0.4, 0.5) is 18.3 Å². The number of aromatic nitrogens is 1. The second kappa shape index (κ2) is 4.75. The molecule has 1 unspecified atom stereocenters. The van der Waals surface area contributed by atoms with Crippen LogP contribution in [0.3, 0.4) is 0 Å². The molecule has 0 fully saturated rings. The van der Waals surface area contributed by atoms with Gasteiger partial charge in [-0.1, -0.05) is 0 Å². The number of nitrogens with zero attached hydrogens (tertiary/aromatic N) is 1. The quantitative estimate of drug-likeness (QED) is 0.890. The molecule has 4 nitrogen and oxygen atoms in total. The molecule has 0 spiro atoms. The van der Waals surface area contributed by atoms with Crippen molar-refractivity contribution in [3.63, 3.8) is 0 Å². The summed E-state index contributed by atoms with van der Waals surface area (Å²) in [5.74, 6) is -1.55. The molecule has 1 atom stereocenters.